The van der Waals surface area contributed by atoms with Gasteiger partial charge in [0.25, 0.3) is 0 Å². The minimum atomic E-state index is -4.37. The highest BCUT2D eigenvalue weighted by molar-refractivity contribution is 5.93. The van der Waals surface area contributed by atoms with Crippen LogP contribution in [-0.4, -0.2) is 30.0 Å². The van der Waals surface area contributed by atoms with Crippen LogP contribution in [0.4, 0.5) is 22.0 Å². The minimum absolute atomic E-state index is 0.0261. The van der Waals surface area contributed by atoms with Crippen molar-refractivity contribution >= 4 is 12.0 Å². The molecule has 2 rings (SSSR count). The first-order chi connectivity index (χ1) is 13.1. The van der Waals surface area contributed by atoms with Crippen LogP contribution in [0, 0.1) is 0 Å². The van der Waals surface area contributed by atoms with Crippen LogP contribution in [0.3, 0.4) is 0 Å². The summed E-state index contributed by atoms with van der Waals surface area (Å²) in [5.41, 5.74) is -1.03. The van der Waals surface area contributed by atoms with Gasteiger partial charge >= 0.3 is 18.3 Å². The third-order valence-corrected chi connectivity index (χ3v) is 3.38. The van der Waals surface area contributed by atoms with Gasteiger partial charge in [0.2, 0.25) is 0 Å². The molecule has 0 aromatic heterocycles. The van der Waals surface area contributed by atoms with Gasteiger partial charge in [-0.1, -0.05) is 30.3 Å². The zero-order chi connectivity index (χ0) is 20.8. The molecule has 28 heavy (non-hydrogen) atoms. The summed E-state index contributed by atoms with van der Waals surface area (Å²) in [5.74, 6) is -2.22. The summed E-state index contributed by atoms with van der Waals surface area (Å²) in [6.07, 6.45) is -8.89. The van der Waals surface area contributed by atoms with E-state index in [9.17, 15) is 26.7 Å². The molecule has 0 aliphatic rings. The Morgan fingerprint density at radius 2 is 1.50 bits per heavy atom. The predicted molar refractivity (Wildman–Crippen MR) is 90.2 cm³/mol. The van der Waals surface area contributed by atoms with Crippen molar-refractivity contribution in [1.82, 2.24) is 0 Å². The quantitative estimate of drug-likeness (QED) is 0.490. The first kappa shape index (κ1) is 21.2. The Hall–Kier alpha value is -3.10. The molecule has 0 radical (unpaired) electrons. The standard InChI is InChI=1S/C19H15F5O4/c20-18(21,22)10-11-27-14-6-8-15(9-7-14)28-19(23,24)16(17(25)26)12-13-4-2-1-3-5-13/h1-9,12H,10-11H2,(H,25,26)/b16-12+. The van der Waals surface area contributed by atoms with Gasteiger partial charge in [0.05, 0.1) is 13.0 Å². The molecule has 0 aliphatic heterocycles. The first-order valence-electron chi connectivity index (χ1n) is 7.94. The Morgan fingerprint density at radius 1 is 0.929 bits per heavy atom. The van der Waals surface area contributed by atoms with Crippen molar-refractivity contribution in [3.63, 3.8) is 0 Å². The zero-order valence-electron chi connectivity index (χ0n) is 14.2. The molecule has 0 aliphatic carbocycles. The van der Waals surface area contributed by atoms with E-state index in [0.717, 1.165) is 30.3 Å². The zero-order valence-corrected chi connectivity index (χ0v) is 14.2. The highest BCUT2D eigenvalue weighted by atomic mass is 19.4. The van der Waals surface area contributed by atoms with Crippen LogP contribution in [0.2, 0.25) is 0 Å². The van der Waals surface area contributed by atoms with E-state index < -0.39 is 36.9 Å². The van der Waals surface area contributed by atoms with E-state index in [0.29, 0.717) is 0 Å². The summed E-state index contributed by atoms with van der Waals surface area (Å²) >= 11 is 0. The average Bonchev–Trinajstić information content (AvgIpc) is 2.60. The third-order valence-electron chi connectivity index (χ3n) is 3.38. The average molecular weight is 402 g/mol. The summed E-state index contributed by atoms with van der Waals surface area (Å²) < 4.78 is 74.2. The second-order valence-corrected chi connectivity index (χ2v) is 5.58. The molecule has 150 valence electrons. The van der Waals surface area contributed by atoms with E-state index in [2.05, 4.69) is 4.74 Å². The number of carbonyl (C=O) groups is 1. The van der Waals surface area contributed by atoms with E-state index >= 15 is 0 Å². The van der Waals surface area contributed by atoms with Crippen LogP contribution in [0.5, 0.6) is 11.5 Å². The van der Waals surface area contributed by atoms with Gasteiger partial charge in [-0.05, 0) is 35.9 Å². The van der Waals surface area contributed by atoms with Crippen LogP contribution in [-0.2, 0) is 4.79 Å². The maximum Gasteiger partial charge on any atom is 0.433 e. The molecule has 0 saturated carbocycles. The number of rotatable bonds is 8. The molecule has 0 fully saturated rings. The lowest BCUT2D eigenvalue weighted by Crippen LogP contribution is -2.31. The molecule has 2 aromatic rings. The van der Waals surface area contributed by atoms with Crippen LogP contribution in [0.25, 0.3) is 6.08 Å². The summed E-state index contributed by atoms with van der Waals surface area (Å²) in [7, 11) is 0. The third kappa shape index (κ3) is 6.57. The summed E-state index contributed by atoms with van der Waals surface area (Å²) in [6, 6.07) is 12.0. The van der Waals surface area contributed by atoms with Crippen molar-refractivity contribution in [3.05, 3.63) is 65.7 Å². The normalized spacial score (nSPS) is 12.5. The van der Waals surface area contributed by atoms with E-state index in [1.165, 1.54) is 12.1 Å². The molecule has 0 saturated heterocycles. The number of alkyl halides is 5. The van der Waals surface area contributed by atoms with Crippen LogP contribution < -0.4 is 9.47 Å². The highest BCUT2D eigenvalue weighted by Crippen LogP contribution is 2.31. The Bertz CT molecular complexity index is 814. The largest absolute Gasteiger partial charge is 0.493 e. The van der Waals surface area contributed by atoms with Crippen molar-refractivity contribution in [2.24, 2.45) is 0 Å². The molecule has 1 N–H and O–H groups in total. The second kappa shape index (κ2) is 8.73. The maximum absolute atomic E-state index is 14.3. The minimum Gasteiger partial charge on any atom is -0.493 e. The number of hydrogen-bond donors (Lipinski definition) is 1. The molecule has 0 heterocycles. The lowest BCUT2D eigenvalue weighted by molar-refractivity contribution is -0.160. The number of carboxylic acids is 1. The fraction of sp³-hybridized carbons (Fsp3) is 0.211. The molecular weight excluding hydrogens is 387 g/mol. The smallest absolute Gasteiger partial charge is 0.433 e. The van der Waals surface area contributed by atoms with Gasteiger partial charge in [0.15, 0.2) is 0 Å². The van der Waals surface area contributed by atoms with Crippen molar-refractivity contribution in [2.45, 2.75) is 18.7 Å². The van der Waals surface area contributed by atoms with E-state index in [1.807, 2.05) is 0 Å². The molecular formula is C19H15F5O4. The van der Waals surface area contributed by atoms with Gasteiger partial charge in [-0.2, -0.15) is 22.0 Å². The molecule has 0 spiro atoms. The fourth-order valence-electron chi connectivity index (χ4n) is 2.08. The molecule has 2 aromatic carbocycles. The number of hydrogen-bond acceptors (Lipinski definition) is 3. The lowest BCUT2D eigenvalue weighted by Gasteiger charge is -2.19. The molecule has 9 heteroatoms. The van der Waals surface area contributed by atoms with E-state index in [-0.39, 0.29) is 17.1 Å². The van der Waals surface area contributed by atoms with Gasteiger partial charge in [0.1, 0.15) is 17.1 Å². The summed E-state index contributed by atoms with van der Waals surface area (Å²) in [5, 5.41) is 9.11. The Morgan fingerprint density at radius 3 is 2.04 bits per heavy atom. The number of halogens is 5. The van der Waals surface area contributed by atoms with E-state index in [4.69, 9.17) is 9.84 Å². The van der Waals surface area contributed by atoms with Gasteiger partial charge < -0.3 is 14.6 Å². The van der Waals surface area contributed by atoms with Crippen molar-refractivity contribution in [3.8, 4) is 11.5 Å². The second-order valence-electron chi connectivity index (χ2n) is 5.58. The number of ether oxygens (including phenoxy) is 2. The number of aliphatic carboxylic acids is 1. The topological polar surface area (TPSA) is 55.8 Å². The van der Waals surface area contributed by atoms with Crippen LogP contribution >= 0.6 is 0 Å². The van der Waals surface area contributed by atoms with Crippen molar-refractivity contribution in [2.75, 3.05) is 6.61 Å². The first-order valence-corrected chi connectivity index (χ1v) is 7.94. The Labute approximate surface area is 156 Å². The summed E-state index contributed by atoms with van der Waals surface area (Å²) in [6.45, 7) is -0.622. The predicted octanol–water partition coefficient (Wildman–Crippen LogP) is 5.16. The fourth-order valence-corrected chi connectivity index (χ4v) is 2.08. The lowest BCUT2D eigenvalue weighted by atomic mass is 10.1. The Balaban J connectivity index is 2.09. The Kier molecular flexibility index (Phi) is 6.61. The van der Waals surface area contributed by atoms with E-state index in [1.54, 1.807) is 18.2 Å². The van der Waals surface area contributed by atoms with Gasteiger partial charge in [-0.3, -0.25) is 0 Å². The van der Waals surface area contributed by atoms with Crippen LogP contribution in [0.15, 0.2) is 60.2 Å². The molecule has 4 nitrogen and oxygen atoms in total. The molecule has 0 amide bonds. The SMILES string of the molecule is O=C(O)/C(=C\c1ccccc1)C(F)(F)Oc1ccc(OCCC(F)(F)F)cc1. The highest BCUT2D eigenvalue weighted by Gasteiger charge is 2.42. The van der Waals surface area contributed by atoms with Crippen LogP contribution in [0.1, 0.15) is 12.0 Å². The molecule has 0 unspecified atom stereocenters. The van der Waals surface area contributed by atoms with Crippen molar-refractivity contribution < 1.29 is 41.3 Å². The van der Waals surface area contributed by atoms with Crippen molar-refractivity contribution in [1.29, 1.82) is 0 Å². The van der Waals surface area contributed by atoms with Gasteiger partial charge in [0, 0.05) is 0 Å². The monoisotopic (exact) mass is 402 g/mol. The summed E-state index contributed by atoms with van der Waals surface area (Å²) in [4.78, 5) is 11.3. The number of carboxylic acid groups (broad SMARTS) is 1. The van der Waals surface area contributed by atoms with Gasteiger partial charge in [-0.25, -0.2) is 4.79 Å². The number of benzene rings is 2. The molecule has 0 bridgehead atoms. The van der Waals surface area contributed by atoms with Gasteiger partial charge in [-0.15, -0.1) is 0 Å². The maximum atomic E-state index is 14.3. The molecule has 0 atom stereocenters.